The van der Waals surface area contributed by atoms with E-state index in [1.54, 1.807) is 11.6 Å². The fourth-order valence-electron chi connectivity index (χ4n) is 1.12. The van der Waals surface area contributed by atoms with Gasteiger partial charge in [0.1, 0.15) is 5.82 Å². The van der Waals surface area contributed by atoms with Crippen LogP contribution in [0, 0.1) is 5.82 Å². The molecule has 0 aliphatic heterocycles. The second-order valence-corrected chi connectivity index (χ2v) is 4.25. The zero-order chi connectivity index (χ0) is 11.5. The van der Waals surface area contributed by atoms with Crippen LogP contribution in [-0.2, 0) is 0 Å². The van der Waals surface area contributed by atoms with Crippen molar-refractivity contribution in [3.8, 4) is 0 Å². The standard InChI is InChI=1S/C10H6ClFN2OS/c11-6-1-2-7(8(12)5-6)9(15)14-10-13-3-4-16-10/h1-5H,(H,13,14,15). The van der Waals surface area contributed by atoms with Crippen molar-refractivity contribution < 1.29 is 9.18 Å². The van der Waals surface area contributed by atoms with Gasteiger partial charge in [-0.1, -0.05) is 11.6 Å². The molecule has 0 unspecified atom stereocenters. The Hall–Kier alpha value is -1.46. The maximum absolute atomic E-state index is 13.4. The lowest BCUT2D eigenvalue weighted by molar-refractivity contribution is 0.102. The Labute approximate surface area is 99.9 Å². The molecule has 0 bridgehead atoms. The molecule has 1 aromatic heterocycles. The predicted octanol–water partition coefficient (Wildman–Crippen LogP) is 3.19. The molecule has 0 fully saturated rings. The molecule has 16 heavy (non-hydrogen) atoms. The summed E-state index contributed by atoms with van der Waals surface area (Å²) in [5.74, 6) is -1.19. The summed E-state index contributed by atoms with van der Waals surface area (Å²) in [5, 5.41) is 4.88. The van der Waals surface area contributed by atoms with E-state index < -0.39 is 11.7 Å². The number of thiazole rings is 1. The smallest absolute Gasteiger partial charge is 0.260 e. The number of carbonyl (C=O) groups excluding carboxylic acids is 1. The number of halogens is 2. The summed E-state index contributed by atoms with van der Waals surface area (Å²) in [5.41, 5.74) is -0.0559. The molecule has 0 saturated heterocycles. The van der Waals surface area contributed by atoms with Gasteiger partial charge < -0.3 is 0 Å². The molecule has 0 atom stereocenters. The summed E-state index contributed by atoms with van der Waals surface area (Å²) in [6.07, 6.45) is 1.55. The molecule has 2 rings (SSSR count). The number of anilines is 1. The van der Waals surface area contributed by atoms with Gasteiger partial charge in [-0.2, -0.15) is 0 Å². The Kier molecular flexibility index (Phi) is 3.17. The highest BCUT2D eigenvalue weighted by Crippen LogP contribution is 2.17. The van der Waals surface area contributed by atoms with Gasteiger partial charge in [0.25, 0.3) is 5.91 Å². The molecule has 6 heteroatoms. The zero-order valence-electron chi connectivity index (χ0n) is 7.91. The van der Waals surface area contributed by atoms with Crippen LogP contribution in [-0.4, -0.2) is 10.9 Å². The van der Waals surface area contributed by atoms with Crippen LogP contribution in [0.2, 0.25) is 5.02 Å². The normalized spacial score (nSPS) is 10.1. The average molecular weight is 257 g/mol. The SMILES string of the molecule is O=C(Nc1nccs1)c1ccc(Cl)cc1F. The van der Waals surface area contributed by atoms with Crippen molar-refractivity contribution in [3.63, 3.8) is 0 Å². The molecule has 2 aromatic rings. The van der Waals surface area contributed by atoms with Crippen LogP contribution in [0.1, 0.15) is 10.4 Å². The Morgan fingerprint density at radius 1 is 1.50 bits per heavy atom. The summed E-state index contributed by atoms with van der Waals surface area (Å²) < 4.78 is 13.4. The third-order valence-electron chi connectivity index (χ3n) is 1.83. The van der Waals surface area contributed by atoms with Crippen LogP contribution in [0.5, 0.6) is 0 Å². The van der Waals surface area contributed by atoms with Gasteiger partial charge in [0.05, 0.1) is 5.56 Å². The van der Waals surface area contributed by atoms with Crippen LogP contribution in [0.25, 0.3) is 0 Å². The van der Waals surface area contributed by atoms with Gasteiger partial charge in [0, 0.05) is 16.6 Å². The fourth-order valence-corrected chi connectivity index (χ4v) is 1.81. The van der Waals surface area contributed by atoms with E-state index in [4.69, 9.17) is 11.6 Å². The van der Waals surface area contributed by atoms with Crippen LogP contribution < -0.4 is 5.32 Å². The van der Waals surface area contributed by atoms with Crippen molar-refractivity contribution in [2.45, 2.75) is 0 Å². The van der Waals surface area contributed by atoms with Crippen molar-refractivity contribution >= 4 is 34.0 Å². The summed E-state index contributed by atoms with van der Waals surface area (Å²) in [4.78, 5) is 15.5. The van der Waals surface area contributed by atoms with Gasteiger partial charge >= 0.3 is 0 Å². The molecule has 1 aromatic carbocycles. The van der Waals surface area contributed by atoms with E-state index >= 15 is 0 Å². The monoisotopic (exact) mass is 256 g/mol. The second kappa shape index (κ2) is 4.59. The third kappa shape index (κ3) is 2.37. The number of amides is 1. The lowest BCUT2D eigenvalue weighted by Crippen LogP contribution is -2.13. The number of nitrogens with one attached hydrogen (secondary N) is 1. The lowest BCUT2D eigenvalue weighted by atomic mass is 10.2. The van der Waals surface area contributed by atoms with Crippen molar-refractivity contribution in [1.82, 2.24) is 4.98 Å². The van der Waals surface area contributed by atoms with Crippen molar-refractivity contribution in [2.75, 3.05) is 5.32 Å². The van der Waals surface area contributed by atoms with E-state index in [-0.39, 0.29) is 10.6 Å². The van der Waals surface area contributed by atoms with E-state index in [9.17, 15) is 9.18 Å². The van der Waals surface area contributed by atoms with Gasteiger partial charge in [-0.3, -0.25) is 10.1 Å². The summed E-state index contributed by atoms with van der Waals surface area (Å²) >= 11 is 6.85. The highest BCUT2D eigenvalue weighted by Gasteiger charge is 2.12. The molecule has 82 valence electrons. The van der Waals surface area contributed by atoms with E-state index in [2.05, 4.69) is 10.3 Å². The molecule has 0 spiro atoms. The van der Waals surface area contributed by atoms with E-state index in [0.717, 1.165) is 6.07 Å². The van der Waals surface area contributed by atoms with E-state index in [1.165, 1.54) is 23.5 Å². The fraction of sp³-hybridized carbons (Fsp3) is 0. The summed E-state index contributed by atoms with van der Waals surface area (Å²) in [6, 6.07) is 3.89. The molecule has 0 radical (unpaired) electrons. The molecular weight excluding hydrogens is 251 g/mol. The molecule has 0 saturated carbocycles. The minimum atomic E-state index is -0.651. The lowest BCUT2D eigenvalue weighted by Gasteiger charge is -2.03. The highest BCUT2D eigenvalue weighted by molar-refractivity contribution is 7.13. The Morgan fingerprint density at radius 3 is 2.94 bits per heavy atom. The largest absolute Gasteiger partial charge is 0.298 e. The number of rotatable bonds is 2. The van der Waals surface area contributed by atoms with E-state index in [1.807, 2.05) is 0 Å². The van der Waals surface area contributed by atoms with Gasteiger partial charge in [-0.05, 0) is 18.2 Å². The molecule has 1 heterocycles. The number of nitrogens with zero attached hydrogens (tertiary/aromatic N) is 1. The van der Waals surface area contributed by atoms with Gasteiger partial charge in [0.2, 0.25) is 0 Å². The van der Waals surface area contributed by atoms with Crippen LogP contribution in [0.4, 0.5) is 9.52 Å². The number of hydrogen-bond acceptors (Lipinski definition) is 3. The quantitative estimate of drug-likeness (QED) is 0.897. The van der Waals surface area contributed by atoms with Gasteiger partial charge in [0.15, 0.2) is 5.13 Å². The molecule has 0 aliphatic rings. The molecule has 1 amide bonds. The van der Waals surface area contributed by atoms with Crippen LogP contribution in [0.15, 0.2) is 29.8 Å². The Morgan fingerprint density at radius 2 is 2.31 bits per heavy atom. The number of aromatic nitrogens is 1. The molecule has 1 N–H and O–H groups in total. The highest BCUT2D eigenvalue weighted by atomic mass is 35.5. The first-order valence-electron chi connectivity index (χ1n) is 4.33. The van der Waals surface area contributed by atoms with Gasteiger partial charge in [-0.25, -0.2) is 9.37 Å². The zero-order valence-corrected chi connectivity index (χ0v) is 9.48. The van der Waals surface area contributed by atoms with Gasteiger partial charge in [-0.15, -0.1) is 11.3 Å². The van der Waals surface area contributed by atoms with Crippen LogP contribution in [0.3, 0.4) is 0 Å². The molecule has 3 nitrogen and oxygen atoms in total. The first-order valence-corrected chi connectivity index (χ1v) is 5.58. The minimum Gasteiger partial charge on any atom is -0.298 e. The topological polar surface area (TPSA) is 42.0 Å². The van der Waals surface area contributed by atoms with Crippen molar-refractivity contribution in [3.05, 3.63) is 46.2 Å². The molecule has 0 aliphatic carbocycles. The third-order valence-corrected chi connectivity index (χ3v) is 2.75. The second-order valence-electron chi connectivity index (χ2n) is 2.92. The van der Waals surface area contributed by atoms with E-state index in [0.29, 0.717) is 5.13 Å². The average Bonchev–Trinajstić information content (AvgIpc) is 2.70. The Balaban J connectivity index is 2.21. The summed E-state index contributed by atoms with van der Waals surface area (Å²) in [6.45, 7) is 0. The first-order chi connectivity index (χ1) is 7.66. The van der Waals surface area contributed by atoms with Crippen LogP contribution >= 0.6 is 22.9 Å². The van der Waals surface area contributed by atoms with Crippen molar-refractivity contribution in [1.29, 1.82) is 0 Å². The van der Waals surface area contributed by atoms with Crippen molar-refractivity contribution in [2.24, 2.45) is 0 Å². The summed E-state index contributed by atoms with van der Waals surface area (Å²) in [7, 11) is 0. The minimum absolute atomic E-state index is 0.0559. The molecular formula is C10H6ClFN2OS. The maximum atomic E-state index is 13.4. The Bertz CT molecular complexity index is 516. The first kappa shape index (κ1) is 11.0. The number of hydrogen-bond donors (Lipinski definition) is 1. The predicted molar refractivity (Wildman–Crippen MR) is 61.5 cm³/mol. The number of carbonyl (C=O) groups is 1. The maximum Gasteiger partial charge on any atom is 0.260 e. The number of benzene rings is 1.